The lowest BCUT2D eigenvalue weighted by Gasteiger charge is -2.09. The van der Waals surface area contributed by atoms with E-state index < -0.39 is 11.2 Å². The highest BCUT2D eigenvalue weighted by Crippen LogP contribution is 2.05. The van der Waals surface area contributed by atoms with Gasteiger partial charge in [0, 0.05) is 20.3 Å². The van der Waals surface area contributed by atoms with Crippen molar-refractivity contribution in [3.8, 4) is 0 Å². The molecule has 3 rings (SSSR count). The smallest absolute Gasteiger partial charge is 0.286 e. The monoisotopic (exact) mass is 271 g/mol. The molecule has 0 saturated heterocycles. The normalized spacial score (nSPS) is 11.3. The number of pyridine rings is 1. The van der Waals surface area contributed by atoms with Gasteiger partial charge in [-0.25, -0.2) is 9.78 Å². The second-order valence-corrected chi connectivity index (χ2v) is 4.80. The highest BCUT2D eigenvalue weighted by atomic mass is 16.2. The minimum atomic E-state index is -0.504. The maximum atomic E-state index is 12.2. The van der Waals surface area contributed by atoms with Crippen molar-refractivity contribution in [1.82, 2.24) is 18.5 Å². The highest BCUT2D eigenvalue weighted by Gasteiger charge is 2.13. The van der Waals surface area contributed by atoms with Gasteiger partial charge in [0.05, 0.1) is 0 Å². The molecule has 3 aromatic heterocycles. The molecule has 0 unspecified atom stereocenters. The van der Waals surface area contributed by atoms with Gasteiger partial charge in [-0.3, -0.25) is 23.7 Å². The lowest BCUT2D eigenvalue weighted by molar-refractivity contribution is 0.704. The molecule has 0 aromatic carbocycles. The summed E-state index contributed by atoms with van der Waals surface area (Å²) in [6.07, 6.45) is 1.70. The third-order valence-corrected chi connectivity index (χ3v) is 3.42. The van der Waals surface area contributed by atoms with Crippen LogP contribution in [0.25, 0.3) is 16.7 Å². The first-order valence-corrected chi connectivity index (χ1v) is 6.05. The van der Waals surface area contributed by atoms with Crippen molar-refractivity contribution < 1.29 is 0 Å². The molecule has 0 fully saturated rings. The van der Waals surface area contributed by atoms with Crippen LogP contribution in [0.2, 0.25) is 0 Å². The maximum absolute atomic E-state index is 12.2. The van der Waals surface area contributed by atoms with Crippen LogP contribution in [-0.4, -0.2) is 18.5 Å². The zero-order valence-corrected chi connectivity index (χ0v) is 11.3. The summed E-state index contributed by atoms with van der Waals surface area (Å²) in [5.74, 6) is 0. The van der Waals surface area contributed by atoms with E-state index in [9.17, 15) is 9.59 Å². The average Bonchev–Trinajstić information content (AvgIpc) is 2.42. The third kappa shape index (κ3) is 1.46. The topological polar surface area (TPSA) is 85.1 Å². The maximum Gasteiger partial charge on any atom is 0.332 e. The zero-order valence-electron chi connectivity index (χ0n) is 11.3. The van der Waals surface area contributed by atoms with Crippen molar-refractivity contribution >= 4 is 16.7 Å². The average molecular weight is 271 g/mol. The van der Waals surface area contributed by atoms with E-state index in [4.69, 9.17) is 5.41 Å². The summed E-state index contributed by atoms with van der Waals surface area (Å²) in [6, 6.07) is 3.64. The number of nitrogens with zero attached hydrogens (tertiary/aromatic N) is 4. The summed E-state index contributed by atoms with van der Waals surface area (Å²) in [6.45, 7) is 1.92. The molecule has 0 aliphatic carbocycles. The molecule has 7 nitrogen and oxygen atoms in total. The Kier molecular flexibility index (Phi) is 2.40. The molecule has 0 amide bonds. The SMILES string of the molecule is Cc1ccn2c(=N)c3c(=O)n(C)c(=O)n(C)c3nc2c1. The molecule has 0 bridgehead atoms. The minimum absolute atomic E-state index is 0.0289. The van der Waals surface area contributed by atoms with Crippen LogP contribution in [0.5, 0.6) is 0 Å². The Bertz CT molecular complexity index is 1040. The van der Waals surface area contributed by atoms with Crippen molar-refractivity contribution in [3.05, 3.63) is 50.2 Å². The Labute approximate surface area is 112 Å². The number of aromatic nitrogens is 4. The molecular formula is C13H13N5O2. The molecule has 0 saturated carbocycles. The van der Waals surface area contributed by atoms with E-state index in [1.54, 1.807) is 19.3 Å². The first-order chi connectivity index (χ1) is 9.41. The molecule has 1 N–H and O–H groups in total. The van der Waals surface area contributed by atoms with Crippen molar-refractivity contribution in [1.29, 1.82) is 5.41 Å². The summed E-state index contributed by atoms with van der Waals surface area (Å²) >= 11 is 0. The van der Waals surface area contributed by atoms with Gasteiger partial charge in [0.2, 0.25) is 0 Å². The van der Waals surface area contributed by atoms with Gasteiger partial charge in [0.1, 0.15) is 16.5 Å². The fraction of sp³-hybridized carbons (Fsp3) is 0.231. The molecular weight excluding hydrogens is 258 g/mol. The molecule has 3 heterocycles. The van der Waals surface area contributed by atoms with Gasteiger partial charge in [-0.2, -0.15) is 0 Å². The lowest BCUT2D eigenvalue weighted by Crippen LogP contribution is -2.40. The summed E-state index contributed by atoms with van der Waals surface area (Å²) in [5.41, 5.74) is 0.827. The number of nitrogens with one attached hydrogen (secondary N) is 1. The van der Waals surface area contributed by atoms with E-state index in [1.165, 1.54) is 16.0 Å². The number of hydrogen-bond donors (Lipinski definition) is 1. The minimum Gasteiger partial charge on any atom is -0.286 e. The number of fused-ring (bicyclic) bond motifs is 2. The molecule has 0 atom stereocenters. The molecule has 20 heavy (non-hydrogen) atoms. The Morgan fingerprint density at radius 3 is 2.60 bits per heavy atom. The van der Waals surface area contributed by atoms with Crippen LogP contribution in [0.15, 0.2) is 27.9 Å². The first-order valence-electron chi connectivity index (χ1n) is 6.05. The first kappa shape index (κ1) is 12.3. The predicted molar refractivity (Wildman–Crippen MR) is 73.8 cm³/mol. The van der Waals surface area contributed by atoms with Crippen LogP contribution in [0.3, 0.4) is 0 Å². The van der Waals surface area contributed by atoms with E-state index >= 15 is 0 Å². The molecule has 3 aromatic rings. The van der Waals surface area contributed by atoms with Crippen molar-refractivity contribution in [2.24, 2.45) is 14.1 Å². The number of rotatable bonds is 0. The number of aryl methyl sites for hydroxylation is 2. The van der Waals surface area contributed by atoms with Gasteiger partial charge in [-0.15, -0.1) is 0 Å². The van der Waals surface area contributed by atoms with E-state index in [0.717, 1.165) is 10.1 Å². The Hall–Kier alpha value is -2.70. The molecule has 0 spiro atoms. The lowest BCUT2D eigenvalue weighted by atomic mass is 10.3. The number of hydrogen-bond acceptors (Lipinski definition) is 4. The molecule has 0 aliphatic heterocycles. The molecule has 0 radical (unpaired) electrons. The van der Waals surface area contributed by atoms with Gasteiger partial charge in [0.15, 0.2) is 5.65 Å². The predicted octanol–water partition coefficient (Wildman–Crippen LogP) is -0.327. The second kappa shape index (κ2) is 3.89. The Morgan fingerprint density at radius 2 is 1.90 bits per heavy atom. The summed E-state index contributed by atoms with van der Waals surface area (Å²) in [7, 11) is 2.94. The van der Waals surface area contributed by atoms with Gasteiger partial charge >= 0.3 is 5.69 Å². The van der Waals surface area contributed by atoms with Crippen LogP contribution < -0.4 is 16.7 Å². The van der Waals surface area contributed by atoms with E-state index in [0.29, 0.717) is 5.65 Å². The van der Waals surface area contributed by atoms with E-state index in [2.05, 4.69) is 4.98 Å². The quantitative estimate of drug-likeness (QED) is 0.568. The standard InChI is InChI=1S/C13H13N5O2/c1-7-4-5-18-8(6-7)15-11-9(10(18)14)12(19)17(3)13(20)16(11)2/h4-6,14H,1-3H3. The van der Waals surface area contributed by atoms with Crippen LogP contribution in [0.1, 0.15) is 5.56 Å². The van der Waals surface area contributed by atoms with Gasteiger partial charge in [-0.05, 0) is 24.6 Å². The van der Waals surface area contributed by atoms with E-state index in [1.807, 2.05) is 13.0 Å². The highest BCUT2D eigenvalue weighted by molar-refractivity contribution is 5.74. The third-order valence-electron chi connectivity index (χ3n) is 3.42. The zero-order chi connectivity index (χ0) is 14.6. The molecule has 7 heteroatoms. The fourth-order valence-electron chi connectivity index (χ4n) is 2.27. The van der Waals surface area contributed by atoms with Crippen LogP contribution in [-0.2, 0) is 14.1 Å². The van der Waals surface area contributed by atoms with E-state index in [-0.39, 0.29) is 16.5 Å². The Balaban J connectivity index is 2.75. The largest absolute Gasteiger partial charge is 0.332 e. The van der Waals surface area contributed by atoms with Crippen LogP contribution in [0, 0.1) is 12.3 Å². The fourth-order valence-corrected chi connectivity index (χ4v) is 2.27. The summed E-state index contributed by atoms with van der Waals surface area (Å²) in [5, 5.41) is 8.34. The van der Waals surface area contributed by atoms with Gasteiger partial charge in [0.25, 0.3) is 5.56 Å². The van der Waals surface area contributed by atoms with Crippen molar-refractivity contribution in [3.63, 3.8) is 0 Å². The van der Waals surface area contributed by atoms with Crippen LogP contribution >= 0.6 is 0 Å². The second-order valence-electron chi connectivity index (χ2n) is 4.80. The van der Waals surface area contributed by atoms with Gasteiger partial charge < -0.3 is 0 Å². The van der Waals surface area contributed by atoms with Crippen LogP contribution in [0.4, 0.5) is 0 Å². The summed E-state index contributed by atoms with van der Waals surface area (Å²) in [4.78, 5) is 28.5. The molecule has 0 aliphatic rings. The molecule has 102 valence electrons. The van der Waals surface area contributed by atoms with Crippen molar-refractivity contribution in [2.45, 2.75) is 6.92 Å². The van der Waals surface area contributed by atoms with Gasteiger partial charge in [-0.1, -0.05) is 0 Å². The summed E-state index contributed by atoms with van der Waals surface area (Å²) < 4.78 is 3.81. The van der Waals surface area contributed by atoms with Crippen molar-refractivity contribution in [2.75, 3.05) is 0 Å². The Morgan fingerprint density at radius 1 is 1.20 bits per heavy atom.